The van der Waals surface area contributed by atoms with Gasteiger partial charge in [0.1, 0.15) is 6.33 Å². The zero-order valence-electron chi connectivity index (χ0n) is 9.08. The lowest BCUT2D eigenvalue weighted by Gasteiger charge is -2.14. The fourth-order valence-electron chi connectivity index (χ4n) is 1.92. The first-order valence-electron chi connectivity index (χ1n) is 5.31. The molecule has 3 heterocycles. The summed E-state index contributed by atoms with van der Waals surface area (Å²) in [4.78, 5) is 26.0. The van der Waals surface area contributed by atoms with E-state index in [4.69, 9.17) is 0 Å². The third-order valence-corrected chi connectivity index (χ3v) is 2.80. The zero-order chi connectivity index (χ0) is 11.7. The number of carbonyl (C=O) groups excluding carboxylic acids is 1. The molecule has 84 valence electrons. The van der Waals surface area contributed by atoms with Crippen LogP contribution in [-0.4, -0.2) is 25.8 Å². The molecule has 2 aromatic heterocycles. The lowest BCUT2D eigenvalue weighted by atomic mass is 10.2. The maximum atomic E-state index is 12.2. The van der Waals surface area contributed by atoms with Crippen LogP contribution in [0.3, 0.4) is 0 Å². The van der Waals surface area contributed by atoms with E-state index >= 15 is 0 Å². The van der Waals surface area contributed by atoms with Crippen LogP contribution < -0.4 is 0 Å². The van der Waals surface area contributed by atoms with Gasteiger partial charge in [0.25, 0.3) is 5.91 Å². The minimum atomic E-state index is 0.00500. The molecule has 17 heavy (non-hydrogen) atoms. The lowest BCUT2D eigenvalue weighted by molar-refractivity contribution is 0.0750. The van der Waals surface area contributed by atoms with Crippen molar-refractivity contribution in [2.45, 2.75) is 13.1 Å². The monoisotopic (exact) mass is 226 g/mol. The lowest BCUT2D eigenvalue weighted by Crippen LogP contribution is -2.25. The quantitative estimate of drug-likeness (QED) is 0.728. The molecule has 0 bridgehead atoms. The van der Waals surface area contributed by atoms with Gasteiger partial charge in [-0.3, -0.25) is 9.78 Å². The molecule has 0 fully saturated rings. The van der Waals surface area contributed by atoms with Gasteiger partial charge in [0, 0.05) is 36.3 Å². The molecule has 3 rings (SSSR count). The molecular weight excluding hydrogens is 216 g/mol. The molecule has 0 aliphatic carbocycles. The molecule has 0 atom stereocenters. The van der Waals surface area contributed by atoms with Gasteiger partial charge in [-0.1, -0.05) is 0 Å². The van der Waals surface area contributed by atoms with Crippen LogP contribution in [0.2, 0.25) is 0 Å². The highest BCUT2D eigenvalue weighted by Crippen LogP contribution is 2.21. The van der Waals surface area contributed by atoms with E-state index in [0.717, 1.165) is 11.3 Å². The van der Waals surface area contributed by atoms with Crippen molar-refractivity contribution in [1.29, 1.82) is 0 Å². The van der Waals surface area contributed by atoms with Crippen molar-refractivity contribution in [3.8, 4) is 0 Å². The van der Waals surface area contributed by atoms with E-state index in [0.29, 0.717) is 18.7 Å². The molecule has 0 unspecified atom stereocenters. The van der Waals surface area contributed by atoms with Crippen molar-refractivity contribution in [2.75, 3.05) is 0 Å². The summed E-state index contributed by atoms with van der Waals surface area (Å²) in [7, 11) is 0. The maximum absolute atomic E-state index is 12.2. The van der Waals surface area contributed by atoms with E-state index in [2.05, 4.69) is 15.0 Å². The molecule has 5 nitrogen and oxygen atoms in total. The molecule has 0 saturated heterocycles. The van der Waals surface area contributed by atoms with Crippen molar-refractivity contribution in [3.63, 3.8) is 0 Å². The second-order valence-electron chi connectivity index (χ2n) is 3.89. The van der Waals surface area contributed by atoms with Crippen LogP contribution in [0.15, 0.2) is 37.1 Å². The van der Waals surface area contributed by atoms with Crippen molar-refractivity contribution < 1.29 is 4.79 Å². The first kappa shape index (κ1) is 9.89. The molecule has 0 saturated carbocycles. The van der Waals surface area contributed by atoms with Gasteiger partial charge in [0.05, 0.1) is 12.2 Å². The van der Waals surface area contributed by atoms with Crippen LogP contribution in [0.5, 0.6) is 0 Å². The molecule has 5 heteroatoms. The fraction of sp³-hybridized carbons (Fsp3) is 0.167. The predicted molar refractivity (Wildman–Crippen MR) is 59.8 cm³/mol. The smallest absolute Gasteiger partial charge is 0.254 e. The zero-order valence-corrected chi connectivity index (χ0v) is 9.08. The van der Waals surface area contributed by atoms with Crippen molar-refractivity contribution in [2.24, 2.45) is 0 Å². The Hall–Kier alpha value is -2.30. The minimum absolute atomic E-state index is 0.00500. The van der Waals surface area contributed by atoms with Crippen LogP contribution >= 0.6 is 0 Å². The highest BCUT2D eigenvalue weighted by molar-refractivity contribution is 5.94. The van der Waals surface area contributed by atoms with E-state index in [9.17, 15) is 4.79 Å². The largest absolute Gasteiger partial charge is 0.328 e. The van der Waals surface area contributed by atoms with Gasteiger partial charge >= 0.3 is 0 Å². The Morgan fingerprint density at radius 1 is 1.18 bits per heavy atom. The summed E-state index contributed by atoms with van der Waals surface area (Å²) in [5.74, 6) is 0.00500. The standard InChI is InChI=1S/C12H10N4O/c17-12(9-1-3-13-4-2-9)16-6-10-5-14-8-15-11(10)7-16/h1-5,8H,6-7H2. The van der Waals surface area contributed by atoms with Gasteiger partial charge in [-0.05, 0) is 12.1 Å². The van der Waals surface area contributed by atoms with Gasteiger partial charge in [-0.15, -0.1) is 0 Å². The number of amides is 1. The fourth-order valence-corrected chi connectivity index (χ4v) is 1.92. The summed E-state index contributed by atoms with van der Waals surface area (Å²) < 4.78 is 0. The van der Waals surface area contributed by atoms with Gasteiger partial charge in [-0.25, -0.2) is 9.97 Å². The van der Waals surface area contributed by atoms with E-state index in [-0.39, 0.29) is 5.91 Å². The number of rotatable bonds is 1. The van der Waals surface area contributed by atoms with Crippen LogP contribution in [0.4, 0.5) is 0 Å². The number of hydrogen-bond donors (Lipinski definition) is 0. The van der Waals surface area contributed by atoms with Crippen LogP contribution in [0, 0.1) is 0 Å². The highest BCUT2D eigenvalue weighted by atomic mass is 16.2. The summed E-state index contributed by atoms with van der Waals surface area (Å²) in [6.07, 6.45) is 6.52. The topological polar surface area (TPSA) is 59.0 Å². The van der Waals surface area contributed by atoms with Crippen LogP contribution in [0.25, 0.3) is 0 Å². The maximum Gasteiger partial charge on any atom is 0.254 e. The number of nitrogens with zero attached hydrogens (tertiary/aromatic N) is 4. The number of carbonyl (C=O) groups is 1. The molecule has 2 aromatic rings. The van der Waals surface area contributed by atoms with Crippen molar-refractivity contribution in [1.82, 2.24) is 19.9 Å². The number of fused-ring (bicyclic) bond motifs is 1. The third kappa shape index (κ3) is 1.75. The summed E-state index contributed by atoms with van der Waals surface area (Å²) in [5.41, 5.74) is 2.61. The Morgan fingerprint density at radius 2 is 2.00 bits per heavy atom. The molecule has 1 aliphatic rings. The van der Waals surface area contributed by atoms with E-state index < -0.39 is 0 Å². The molecule has 1 amide bonds. The van der Waals surface area contributed by atoms with Gasteiger partial charge in [0.2, 0.25) is 0 Å². The van der Waals surface area contributed by atoms with Crippen molar-refractivity contribution >= 4 is 5.91 Å². The second kappa shape index (κ2) is 3.93. The van der Waals surface area contributed by atoms with Crippen LogP contribution in [0.1, 0.15) is 21.6 Å². The molecular formula is C12H10N4O. The van der Waals surface area contributed by atoms with E-state index in [1.807, 2.05) is 0 Å². The van der Waals surface area contributed by atoms with Gasteiger partial charge in [0.15, 0.2) is 0 Å². The second-order valence-corrected chi connectivity index (χ2v) is 3.89. The number of hydrogen-bond acceptors (Lipinski definition) is 4. The summed E-state index contributed by atoms with van der Waals surface area (Å²) in [6.45, 7) is 1.14. The van der Waals surface area contributed by atoms with E-state index in [1.54, 1.807) is 35.6 Å². The van der Waals surface area contributed by atoms with Crippen LogP contribution in [-0.2, 0) is 13.1 Å². The summed E-state index contributed by atoms with van der Waals surface area (Å²) >= 11 is 0. The normalized spacial score (nSPS) is 13.5. The average molecular weight is 226 g/mol. The molecule has 1 aliphatic heterocycles. The predicted octanol–water partition coefficient (Wildman–Crippen LogP) is 1.03. The third-order valence-electron chi connectivity index (χ3n) is 2.80. The van der Waals surface area contributed by atoms with Crippen molar-refractivity contribution in [3.05, 3.63) is 53.9 Å². The first-order valence-corrected chi connectivity index (χ1v) is 5.31. The minimum Gasteiger partial charge on any atom is -0.328 e. The SMILES string of the molecule is O=C(c1ccncc1)N1Cc2cncnc2C1. The first-order chi connectivity index (χ1) is 8.34. The molecule has 0 aromatic carbocycles. The summed E-state index contributed by atoms with van der Waals surface area (Å²) in [5, 5.41) is 0. The van der Waals surface area contributed by atoms with Gasteiger partial charge < -0.3 is 4.90 Å². The van der Waals surface area contributed by atoms with E-state index in [1.165, 1.54) is 6.33 Å². The highest BCUT2D eigenvalue weighted by Gasteiger charge is 2.24. The number of pyridine rings is 1. The molecule has 0 N–H and O–H groups in total. The Labute approximate surface area is 98.2 Å². The number of aromatic nitrogens is 3. The Balaban J connectivity index is 1.84. The summed E-state index contributed by atoms with van der Waals surface area (Å²) in [6, 6.07) is 3.44. The Bertz CT molecular complexity index is 530. The Kier molecular flexibility index (Phi) is 2.29. The van der Waals surface area contributed by atoms with Gasteiger partial charge in [-0.2, -0.15) is 0 Å². The average Bonchev–Trinajstić information content (AvgIpc) is 2.82. The molecule has 0 radical (unpaired) electrons. The molecule has 0 spiro atoms. The Morgan fingerprint density at radius 3 is 2.76 bits per heavy atom.